The number of nitrogens with zero attached hydrogens (tertiary/aromatic N) is 4. The van der Waals surface area contributed by atoms with Crippen molar-refractivity contribution in [1.82, 2.24) is 19.7 Å². The first kappa shape index (κ1) is 17.1. The van der Waals surface area contributed by atoms with Crippen LogP contribution in [-0.2, 0) is 4.79 Å². The van der Waals surface area contributed by atoms with E-state index in [0.29, 0.717) is 11.7 Å². The zero-order valence-corrected chi connectivity index (χ0v) is 14.6. The van der Waals surface area contributed by atoms with Gasteiger partial charge in [0.2, 0.25) is 5.82 Å². The van der Waals surface area contributed by atoms with Gasteiger partial charge in [0.05, 0.1) is 5.69 Å². The molecule has 1 amide bonds. The molecule has 1 aromatic heterocycles. The van der Waals surface area contributed by atoms with E-state index in [9.17, 15) is 9.59 Å². The van der Waals surface area contributed by atoms with Crippen molar-refractivity contribution in [3.8, 4) is 5.69 Å². The molecule has 0 bridgehead atoms. The van der Waals surface area contributed by atoms with Gasteiger partial charge in [0.25, 0.3) is 5.91 Å². The third-order valence-corrected chi connectivity index (χ3v) is 4.30. The Morgan fingerprint density at radius 3 is 2.60 bits per heavy atom. The fourth-order valence-electron chi connectivity index (χ4n) is 2.90. The molecule has 132 valence electrons. The van der Waals surface area contributed by atoms with Crippen molar-refractivity contribution in [3.63, 3.8) is 0 Å². The Hall–Kier alpha value is -2.70. The molecule has 0 radical (unpaired) electrons. The Morgan fingerprint density at radius 2 is 2.00 bits per heavy atom. The zero-order valence-electron chi connectivity index (χ0n) is 14.6. The van der Waals surface area contributed by atoms with Gasteiger partial charge in [-0.25, -0.2) is 9.67 Å². The predicted octanol–water partition coefficient (Wildman–Crippen LogP) is 2.39. The molecule has 1 heterocycles. The highest BCUT2D eigenvalue weighted by atomic mass is 16.4. The number of aryl methyl sites for hydroxylation is 1. The number of amides is 1. The maximum atomic E-state index is 12.7. The lowest BCUT2D eigenvalue weighted by atomic mass is 10.0. The van der Waals surface area contributed by atoms with Crippen molar-refractivity contribution >= 4 is 11.9 Å². The number of para-hydroxylation sites is 1. The lowest BCUT2D eigenvalue weighted by Gasteiger charge is -2.18. The van der Waals surface area contributed by atoms with Crippen LogP contribution in [0.4, 0.5) is 0 Å². The lowest BCUT2D eigenvalue weighted by molar-refractivity contribution is -0.137. The van der Waals surface area contributed by atoms with E-state index in [1.807, 2.05) is 24.3 Å². The highest BCUT2D eigenvalue weighted by Gasteiger charge is 2.36. The van der Waals surface area contributed by atoms with E-state index in [4.69, 9.17) is 5.11 Å². The van der Waals surface area contributed by atoms with Gasteiger partial charge in [0.1, 0.15) is 12.4 Å². The lowest BCUT2D eigenvalue weighted by Crippen LogP contribution is -2.38. The zero-order chi connectivity index (χ0) is 18.1. The molecular weight excluding hydrogens is 320 g/mol. The van der Waals surface area contributed by atoms with E-state index < -0.39 is 11.9 Å². The van der Waals surface area contributed by atoms with Crippen molar-refractivity contribution < 1.29 is 14.7 Å². The first-order valence-corrected chi connectivity index (χ1v) is 8.44. The van der Waals surface area contributed by atoms with Crippen LogP contribution < -0.4 is 0 Å². The van der Waals surface area contributed by atoms with Crippen LogP contribution in [0.15, 0.2) is 24.3 Å². The van der Waals surface area contributed by atoms with E-state index >= 15 is 0 Å². The molecular formula is C18H22N4O3. The van der Waals surface area contributed by atoms with Crippen LogP contribution >= 0.6 is 0 Å². The number of carboxylic acid groups (broad SMARTS) is 1. The minimum absolute atomic E-state index is 0.0150. The molecule has 0 aliphatic heterocycles. The van der Waals surface area contributed by atoms with Crippen molar-refractivity contribution in [2.24, 2.45) is 0 Å². The molecule has 7 heteroatoms. The van der Waals surface area contributed by atoms with Crippen molar-refractivity contribution in [3.05, 3.63) is 41.5 Å². The smallest absolute Gasteiger partial charge is 0.323 e. The van der Waals surface area contributed by atoms with Gasteiger partial charge >= 0.3 is 5.97 Å². The average Bonchev–Trinajstić information content (AvgIpc) is 3.33. The summed E-state index contributed by atoms with van der Waals surface area (Å²) >= 11 is 0. The van der Waals surface area contributed by atoms with Crippen molar-refractivity contribution in [2.45, 2.75) is 45.6 Å². The van der Waals surface area contributed by atoms with Gasteiger partial charge in [-0.2, -0.15) is 0 Å². The Balaban J connectivity index is 1.95. The maximum Gasteiger partial charge on any atom is 0.323 e. The fourth-order valence-corrected chi connectivity index (χ4v) is 2.90. The Kier molecular flexibility index (Phi) is 4.57. The van der Waals surface area contributed by atoms with Gasteiger partial charge in [0.15, 0.2) is 0 Å². The van der Waals surface area contributed by atoms with Gasteiger partial charge in [-0.3, -0.25) is 9.59 Å². The van der Waals surface area contributed by atoms with E-state index in [1.165, 1.54) is 4.90 Å². The van der Waals surface area contributed by atoms with Gasteiger partial charge in [-0.05, 0) is 37.3 Å². The van der Waals surface area contributed by atoms with E-state index in [1.54, 1.807) is 11.6 Å². The Bertz CT molecular complexity index is 808. The molecule has 1 fully saturated rings. The second-order valence-corrected chi connectivity index (χ2v) is 6.67. The molecule has 1 aliphatic rings. The normalized spacial score (nSPS) is 13.9. The second-order valence-electron chi connectivity index (χ2n) is 6.67. The summed E-state index contributed by atoms with van der Waals surface area (Å²) < 4.78 is 1.66. The summed E-state index contributed by atoms with van der Waals surface area (Å²) in [5.41, 5.74) is 2.00. The average molecular weight is 342 g/mol. The van der Waals surface area contributed by atoms with E-state index in [0.717, 1.165) is 24.1 Å². The molecule has 1 aliphatic carbocycles. The molecule has 2 aromatic rings. The van der Waals surface area contributed by atoms with E-state index in [-0.39, 0.29) is 18.4 Å². The summed E-state index contributed by atoms with van der Waals surface area (Å²) in [6.07, 6.45) is 1.66. The molecule has 0 atom stereocenters. The monoisotopic (exact) mass is 342 g/mol. The molecule has 1 aromatic carbocycles. The highest BCUT2D eigenvalue weighted by molar-refractivity contribution is 5.93. The first-order chi connectivity index (χ1) is 11.9. The molecule has 0 unspecified atom stereocenters. The second kappa shape index (κ2) is 6.66. The van der Waals surface area contributed by atoms with Crippen LogP contribution in [0, 0.1) is 6.92 Å². The first-order valence-electron chi connectivity index (χ1n) is 8.44. The number of carboxylic acids is 1. The number of aliphatic carboxylic acids is 1. The van der Waals surface area contributed by atoms with Crippen molar-refractivity contribution in [1.29, 1.82) is 0 Å². The molecule has 7 nitrogen and oxygen atoms in total. The highest BCUT2D eigenvalue weighted by Crippen LogP contribution is 2.28. The van der Waals surface area contributed by atoms with E-state index in [2.05, 4.69) is 23.9 Å². The largest absolute Gasteiger partial charge is 0.480 e. The number of carbonyl (C=O) groups excluding carboxylic acids is 1. The van der Waals surface area contributed by atoms with Crippen LogP contribution in [-0.4, -0.2) is 49.2 Å². The number of hydrogen-bond donors (Lipinski definition) is 1. The fraction of sp³-hybridized carbons (Fsp3) is 0.444. The molecule has 0 saturated heterocycles. The minimum atomic E-state index is -1.03. The van der Waals surface area contributed by atoms with Crippen LogP contribution in [0.2, 0.25) is 0 Å². The summed E-state index contributed by atoms with van der Waals surface area (Å²) in [4.78, 5) is 29.4. The Morgan fingerprint density at radius 1 is 1.32 bits per heavy atom. The van der Waals surface area contributed by atoms with Crippen LogP contribution in [0.1, 0.15) is 54.6 Å². The van der Waals surface area contributed by atoms with Gasteiger partial charge in [0, 0.05) is 6.04 Å². The third kappa shape index (κ3) is 3.55. The third-order valence-electron chi connectivity index (χ3n) is 4.30. The topological polar surface area (TPSA) is 88.3 Å². The number of hydrogen-bond acceptors (Lipinski definition) is 4. The van der Waals surface area contributed by atoms with Crippen molar-refractivity contribution in [2.75, 3.05) is 6.54 Å². The van der Waals surface area contributed by atoms with Crippen LogP contribution in [0.3, 0.4) is 0 Å². The van der Waals surface area contributed by atoms with Gasteiger partial charge in [-0.15, -0.1) is 5.10 Å². The molecule has 3 rings (SSSR count). The molecule has 1 saturated carbocycles. The summed E-state index contributed by atoms with van der Waals surface area (Å²) in [5, 5.41) is 13.4. The number of carbonyl (C=O) groups is 2. The van der Waals surface area contributed by atoms with Crippen LogP contribution in [0.5, 0.6) is 0 Å². The SMILES string of the molecule is Cc1nc(C(=O)N(CC(=O)O)C2CC2)nn1-c1ccccc1C(C)C. The molecule has 25 heavy (non-hydrogen) atoms. The maximum absolute atomic E-state index is 12.7. The van der Waals surface area contributed by atoms with Gasteiger partial charge in [-0.1, -0.05) is 32.0 Å². The molecule has 1 N–H and O–H groups in total. The standard InChI is InChI=1S/C18H22N4O3/c1-11(2)14-6-4-5-7-15(14)22-12(3)19-17(20-22)18(25)21(10-16(23)24)13-8-9-13/h4-7,11,13H,8-10H2,1-3H3,(H,23,24). The summed E-state index contributed by atoms with van der Waals surface area (Å²) in [5.74, 6) is -0.504. The quantitative estimate of drug-likeness (QED) is 0.871. The number of aromatic nitrogens is 3. The molecule has 0 spiro atoms. The minimum Gasteiger partial charge on any atom is -0.480 e. The summed E-state index contributed by atoms with van der Waals surface area (Å²) in [6.45, 7) is 5.66. The summed E-state index contributed by atoms with van der Waals surface area (Å²) in [7, 11) is 0. The van der Waals surface area contributed by atoms with Gasteiger partial charge < -0.3 is 10.0 Å². The number of rotatable bonds is 6. The van der Waals surface area contributed by atoms with Crippen LogP contribution in [0.25, 0.3) is 5.69 Å². The Labute approximate surface area is 146 Å². The number of benzene rings is 1. The predicted molar refractivity (Wildman–Crippen MR) is 91.9 cm³/mol. The summed E-state index contributed by atoms with van der Waals surface area (Å²) in [6, 6.07) is 7.85.